The third kappa shape index (κ3) is 7.26. The van der Waals surface area contributed by atoms with E-state index in [1.807, 2.05) is 0 Å². The molecule has 3 N–H and O–H groups in total. The van der Waals surface area contributed by atoms with Gasteiger partial charge in [-0.1, -0.05) is 35.0 Å². The molecule has 1 saturated heterocycles. The molecule has 0 unspecified atom stereocenters. The van der Waals surface area contributed by atoms with Crippen LogP contribution in [-0.4, -0.2) is 53.9 Å². The molecule has 0 saturated carbocycles. The molecule has 10 nitrogen and oxygen atoms in total. The van der Waals surface area contributed by atoms with Gasteiger partial charge in [-0.25, -0.2) is 14.0 Å². The zero-order chi connectivity index (χ0) is 28.6. The van der Waals surface area contributed by atoms with Crippen LogP contribution in [0.25, 0.3) is 0 Å². The van der Waals surface area contributed by atoms with Gasteiger partial charge in [-0.2, -0.15) is 0 Å². The van der Waals surface area contributed by atoms with Crippen molar-refractivity contribution in [1.82, 2.24) is 15.5 Å². The maximum atomic E-state index is 13.6. The summed E-state index contributed by atoms with van der Waals surface area (Å²) in [5.74, 6) is -1.86. The first kappa shape index (κ1) is 28.4. The second-order valence-corrected chi connectivity index (χ2v) is 9.35. The van der Waals surface area contributed by atoms with Crippen LogP contribution in [0.5, 0.6) is 11.5 Å². The topological polar surface area (TPSA) is 130 Å². The molecule has 208 valence electrons. The second-order valence-electron chi connectivity index (χ2n) is 8.91. The van der Waals surface area contributed by atoms with Crippen LogP contribution < -0.4 is 20.2 Å². The lowest BCUT2D eigenvalue weighted by Gasteiger charge is -2.23. The molecular weight excluding hydrogens is 543 g/mol. The lowest BCUT2D eigenvalue weighted by Crippen LogP contribution is -2.47. The Labute approximate surface area is 234 Å². The van der Waals surface area contributed by atoms with E-state index in [4.69, 9.17) is 26.3 Å². The third-order valence-corrected chi connectivity index (χ3v) is 6.37. The van der Waals surface area contributed by atoms with Crippen LogP contribution in [0, 0.1) is 11.7 Å². The molecule has 1 heterocycles. The molecule has 40 heavy (non-hydrogen) atoms. The van der Waals surface area contributed by atoms with Crippen molar-refractivity contribution in [3.05, 3.63) is 94.3 Å². The first-order valence-electron chi connectivity index (χ1n) is 12.2. The zero-order valence-electron chi connectivity index (χ0n) is 21.4. The molecule has 0 aliphatic carbocycles. The molecular formula is C28H26ClFN4O6. The highest BCUT2D eigenvalue weighted by Crippen LogP contribution is 2.26. The van der Waals surface area contributed by atoms with Crippen LogP contribution in [0.4, 0.5) is 9.18 Å². The fraction of sp³-hybridized carbons (Fsp3) is 0.214. The van der Waals surface area contributed by atoms with Gasteiger partial charge in [0.15, 0.2) is 11.6 Å². The average Bonchev–Trinajstić information content (AvgIpc) is 3.09. The van der Waals surface area contributed by atoms with Gasteiger partial charge in [0.05, 0.1) is 25.1 Å². The van der Waals surface area contributed by atoms with Crippen molar-refractivity contribution in [3.8, 4) is 11.5 Å². The molecule has 4 rings (SSSR count). The molecule has 1 aliphatic rings. The van der Waals surface area contributed by atoms with Gasteiger partial charge in [0.1, 0.15) is 11.6 Å². The SMILES string of the molecule is COc1ccc(Cl)cc1C[C@@H]1CN/C(=N\Oc2cccc(F)c2)CN(C(=O)NCc2ccc(C(=O)O)cc2)C1=O. The number of rotatable bonds is 8. The molecule has 12 heteroatoms. The largest absolute Gasteiger partial charge is 0.496 e. The Hall–Kier alpha value is -4.64. The van der Waals surface area contributed by atoms with Crippen LogP contribution in [0.15, 0.2) is 71.9 Å². The molecule has 3 amide bonds. The number of urea groups is 1. The van der Waals surface area contributed by atoms with Crippen molar-refractivity contribution in [2.75, 3.05) is 20.2 Å². The number of imide groups is 1. The van der Waals surface area contributed by atoms with Gasteiger partial charge >= 0.3 is 12.0 Å². The van der Waals surface area contributed by atoms with Gasteiger partial charge in [-0.15, -0.1) is 0 Å². The van der Waals surface area contributed by atoms with Gasteiger partial charge in [0, 0.05) is 24.2 Å². The van der Waals surface area contributed by atoms with E-state index in [0.717, 1.165) is 11.0 Å². The van der Waals surface area contributed by atoms with Gasteiger partial charge in [0.2, 0.25) is 5.91 Å². The monoisotopic (exact) mass is 568 g/mol. The number of aromatic carboxylic acids is 1. The summed E-state index contributed by atoms with van der Waals surface area (Å²) in [6.07, 6.45) is 0.216. The summed E-state index contributed by atoms with van der Waals surface area (Å²) in [5, 5.41) is 19.3. The number of amidine groups is 1. The summed E-state index contributed by atoms with van der Waals surface area (Å²) < 4.78 is 19.0. The van der Waals surface area contributed by atoms with Crippen molar-refractivity contribution in [3.63, 3.8) is 0 Å². The summed E-state index contributed by atoms with van der Waals surface area (Å²) in [5.41, 5.74) is 1.44. The molecule has 1 aliphatic heterocycles. The Bertz CT molecular complexity index is 1430. The van der Waals surface area contributed by atoms with E-state index in [-0.39, 0.29) is 43.2 Å². The van der Waals surface area contributed by atoms with Crippen molar-refractivity contribution in [2.24, 2.45) is 11.1 Å². The van der Waals surface area contributed by atoms with Crippen LogP contribution in [0.3, 0.4) is 0 Å². The van der Waals surface area contributed by atoms with Gasteiger partial charge < -0.3 is 25.3 Å². The predicted octanol–water partition coefficient (Wildman–Crippen LogP) is 4.08. The zero-order valence-corrected chi connectivity index (χ0v) is 22.2. The molecule has 3 aromatic carbocycles. The van der Waals surface area contributed by atoms with Crippen LogP contribution in [0.2, 0.25) is 5.02 Å². The number of halogens is 2. The molecule has 3 aromatic rings. The number of hydrogen-bond acceptors (Lipinski definition) is 6. The van der Waals surface area contributed by atoms with E-state index in [0.29, 0.717) is 21.9 Å². The molecule has 0 radical (unpaired) electrons. The number of oxime groups is 1. The minimum Gasteiger partial charge on any atom is -0.496 e. The Morgan fingerprint density at radius 3 is 2.65 bits per heavy atom. The highest BCUT2D eigenvalue weighted by atomic mass is 35.5. The number of amides is 3. The average molecular weight is 569 g/mol. The highest BCUT2D eigenvalue weighted by Gasteiger charge is 2.34. The molecule has 0 aromatic heterocycles. The van der Waals surface area contributed by atoms with Crippen LogP contribution in [0.1, 0.15) is 21.5 Å². The summed E-state index contributed by atoms with van der Waals surface area (Å²) in [6, 6.07) is 15.8. The fourth-order valence-corrected chi connectivity index (χ4v) is 4.26. The first-order chi connectivity index (χ1) is 19.2. The van der Waals surface area contributed by atoms with E-state index in [1.165, 1.54) is 37.4 Å². The van der Waals surface area contributed by atoms with Crippen LogP contribution in [-0.2, 0) is 17.8 Å². The summed E-state index contributed by atoms with van der Waals surface area (Å²) in [6.45, 7) is -0.0591. The second kappa shape index (κ2) is 12.9. The smallest absolute Gasteiger partial charge is 0.335 e. The summed E-state index contributed by atoms with van der Waals surface area (Å²) in [7, 11) is 1.51. The van der Waals surface area contributed by atoms with E-state index >= 15 is 0 Å². The quantitative estimate of drug-likeness (QED) is 0.349. The van der Waals surface area contributed by atoms with Crippen molar-refractivity contribution >= 4 is 35.3 Å². The lowest BCUT2D eigenvalue weighted by molar-refractivity contribution is -0.131. The van der Waals surface area contributed by atoms with Gasteiger partial charge in [-0.05, 0) is 60.0 Å². The lowest BCUT2D eigenvalue weighted by atomic mass is 9.97. The highest BCUT2D eigenvalue weighted by molar-refractivity contribution is 6.30. The van der Waals surface area contributed by atoms with Gasteiger partial charge in [-0.3, -0.25) is 9.69 Å². The summed E-state index contributed by atoms with van der Waals surface area (Å²) in [4.78, 5) is 44.3. The predicted molar refractivity (Wildman–Crippen MR) is 145 cm³/mol. The number of carbonyl (C=O) groups excluding carboxylic acids is 2. The number of carboxylic acid groups (broad SMARTS) is 1. The molecule has 0 spiro atoms. The van der Waals surface area contributed by atoms with Crippen molar-refractivity contribution < 1.29 is 33.5 Å². The Morgan fingerprint density at radius 1 is 1.18 bits per heavy atom. The standard InChI is InChI=1S/C28H26ClFN4O6/c1-39-24-10-9-21(29)12-19(24)11-20-15-31-25(33-40-23-4-2-3-22(30)13-23)16-34(26(20)35)28(38)32-14-17-5-7-18(8-6-17)27(36)37/h2-10,12-13,20H,11,14-16H2,1H3,(H,31,33)(H,32,38)(H,36,37)/t20-/m1/s1. The third-order valence-electron chi connectivity index (χ3n) is 6.13. The Balaban J connectivity index is 1.55. The number of carboxylic acids is 1. The number of hydrogen-bond donors (Lipinski definition) is 3. The fourth-order valence-electron chi connectivity index (χ4n) is 4.07. The maximum absolute atomic E-state index is 13.6. The Morgan fingerprint density at radius 2 is 1.95 bits per heavy atom. The summed E-state index contributed by atoms with van der Waals surface area (Å²) >= 11 is 6.17. The van der Waals surface area contributed by atoms with Crippen molar-refractivity contribution in [2.45, 2.75) is 13.0 Å². The number of benzene rings is 3. The van der Waals surface area contributed by atoms with E-state index in [9.17, 15) is 18.8 Å². The van der Waals surface area contributed by atoms with Crippen LogP contribution >= 0.6 is 11.6 Å². The first-order valence-corrected chi connectivity index (χ1v) is 12.6. The molecule has 1 fully saturated rings. The Kier molecular flexibility index (Phi) is 9.18. The normalized spacial score (nSPS) is 16.2. The number of carbonyl (C=O) groups is 3. The minimum atomic E-state index is -1.06. The number of ether oxygens (including phenoxy) is 1. The minimum absolute atomic E-state index is 0.0506. The van der Waals surface area contributed by atoms with E-state index in [2.05, 4.69) is 15.8 Å². The van der Waals surface area contributed by atoms with Gasteiger partial charge in [0.25, 0.3) is 0 Å². The number of nitrogens with one attached hydrogen (secondary N) is 2. The van der Waals surface area contributed by atoms with E-state index < -0.39 is 29.6 Å². The number of methoxy groups -OCH3 is 1. The molecule has 1 atom stereocenters. The van der Waals surface area contributed by atoms with Crippen molar-refractivity contribution in [1.29, 1.82) is 0 Å². The maximum Gasteiger partial charge on any atom is 0.335 e. The van der Waals surface area contributed by atoms with E-state index in [1.54, 1.807) is 30.3 Å². The number of nitrogens with zero attached hydrogens (tertiary/aromatic N) is 2. The molecule has 0 bridgehead atoms.